The average Bonchev–Trinajstić information content (AvgIpc) is 2.78. The first-order chi connectivity index (χ1) is 8.09. The highest BCUT2D eigenvalue weighted by Crippen LogP contribution is 2.29. The maximum Gasteiger partial charge on any atom is 0.124 e. The van der Waals surface area contributed by atoms with E-state index >= 15 is 0 Å². The fourth-order valence-corrected chi connectivity index (χ4v) is 2.55. The summed E-state index contributed by atoms with van der Waals surface area (Å²) in [5, 5.41) is 0. The Kier molecular flexibility index (Phi) is 3.62. The summed E-state index contributed by atoms with van der Waals surface area (Å²) in [6.07, 6.45) is 2.98. The highest BCUT2D eigenvalue weighted by Gasteiger charge is 2.26. The van der Waals surface area contributed by atoms with Crippen LogP contribution in [-0.2, 0) is 0 Å². The SMILES string of the molecule is CC(C)C1CCN(c2cccnc2C(N)=S)C1. The summed E-state index contributed by atoms with van der Waals surface area (Å²) in [5.41, 5.74) is 7.56. The fraction of sp³-hybridized carbons (Fsp3) is 0.538. The van der Waals surface area contributed by atoms with E-state index in [1.165, 1.54) is 6.42 Å². The maximum atomic E-state index is 5.72. The number of nitrogens with two attached hydrogens (primary N) is 1. The number of aromatic nitrogens is 1. The van der Waals surface area contributed by atoms with Crippen LogP contribution in [0.25, 0.3) is 0 Å². The van der Waals surface area contributed by atoms with E-state index in [1.54, 1.807) is 6.20 Å². The van der Waals surface area contributed by atoms with Crippen molar-refractivity contribution in [1.29, 1.82) is 0 Å². The Morgan fingerprint density at radius 3 is 2.94 bits per heavy atom. The highest BCUT2D eigenvalue weighted by atomic mass is 32.1. The molecule has 0 bridgehead atoms. The molecular weight excluding hydrogens is 230 g/mol. The minimum absolute atomic E-state index is 0.383. The molecular formula is C13H19N3S. The van der Waals surface area contributed by atoms with Gasteiger partial charge in [0.1, 0.15) is 10.7 Å². The molecule has 0 saturated carbocycles. The van der Waals surface area contributed by atoms with Crippen LogP contribution in [0.5, 0.6) is 0 Å². The van der Waals surface area contributed by atoms with Gasteiger partial charge in [-0.2, -0.15) is 0 Å². The molecule has 0 radical (unpaired) electrons. The molecule has 92 valence electrons. The van der Waals surface area contributed by atoms with Gasteiger partial charge < -0.3 is 10.6 Å². The lowest BCUT2D eigenvalue weighted by Crippen LogP contribution is -2.25. The fourth-order valence-electron chi connectivity index (χ4n) is 2.39. The maximum absolute atomic E-state index is 5.72. The van der Waals surface area contributed by atoms with Crippen LogP contribution >= 0.6 is 12.2 Å². The van der Waals surface area contributed by atoms with Gasteiger partial charge in [0.05, 0.1) is 5.69 Å². The molecule has 1 aliphatic rings. The number of nitrogens with zero attached hydrogens (tertiary/aromatic N) is 2. The second kappa shape index (κ2) is 5.00. The van der Waals surface area contributed by atoms with Crippen LogP contribution in [0, 0.1) is 11.8 Å². The molecule has 1 unspecified atom stereocenters. The number of thiocarbonyl (C=S) groups is 1. The van der Waals surface area contributed by atoms with Crippen molar-refractivity contribution in [3.05, 3.63) is 24.0 Å². The molecule has 0 spiro atoms. The summed E-state index contributed by atoms with van der Waals surface area (Å²) in [6, 6.07) is 4.00. The van der Waals surface area contributed by atoms with Gasteiger partial charge in [0.25, 0.3) is 0 Å². The van der Waals surface area contributed by atoms with E-state index in [4.69, 9.17) is 18.0 Å². The predicted molar refractivity (Wildman–Crippen MR) is 75.3 cm³/mol. The van der Waals surface area contributed by atoms with E-state index < -0.39 is 0 Å². The zero-order valence-corrected chi connectivity index (χ0v) is 11.2. The molecule has 1 aromatic rings. The van der Waals surface area contributed by atoms with Crippen molar-refractivity contribution in [3.63, 3.8) is 0 Å². The van der Waals surface area contributed by atoms with E-state index in [1.807, 2.05) is 6.07 Å². The second-order valence-corrected chi connectivity index (χ2v) is 5.41. The van der Waals surface area contributed by atoms with Crippen molar-refractivity contribution in [2.45, 2.75) is 20.3 Å². The highest BCUT2D eigenvalue weighted by molar-refractivity contribution is 7.80. The Balaban J connectivity index is 2.21. The lowest BCUT2D eigenvalue weighted by atomic mass is 9.95. The Hall–Kier alpha value is -1.16. The molecule has 2 N–H and O–H groups in total. The van der Waals surface area contributed by atoms with Crippen LogP contribution in [0.3, 0.4) is 0 Å². The van der Waals surface area contributed by atoms with E-state index in [9.17, 15) is 0 Å². The van der Waals surface area contributed by atoms with Crippen molar-refractivity contribution in [1.82, 2.24) is 4.98 Å². The molecule has 17 heavy (non-hydrogen) atoms. The molecule has 0 aromatic carbocycles. The number of anilines is 1. The first-order valence-electron chi connectivity index (χ1n) is 6.09. The molecule has 1 fully saturated rings. The third kappa shape index (κ3) is 2.57. The van der Waals surface area contributed by atoms with Crippen LogP contribution in [0.15, 0.2) is 18.3 Å². The number of rotatable bonds is 3. The minimum Gasteiger partial charge on any atom is -0.388 e. The molecule has 1 aromatic heterocycles. The van der Waals surface area contributed by atoms with Gasteiger partial charge in [-0.05, 0) is 30.4 Å². The molecule has 2 rings (SSSR count). The monoisotopic (exact) mass is 249 g/mol. The van der Waals surface area contributed by atoms with Gasteiger partial charge in [0.15, 0.2) is 0 Å². The van der Waals surface area contributed by atoms with Crippen molar-refractivity contribution in [2.75, 3.05) is 18.0 Å². The summed E-state index contributed by atoms with van der Waals surface area (Å²) in [7, 11) is 0. The first-order valence-corrected chi connectivity index (χ1v) is 6.50. The van der Waals surface area contributed by atoms with Crippen LogP contribution < -0.4 is 10.6 Å². The van der Waals surface area contributed by atoms with Crippen LogP contribution in [0.4, 0.5) is 5.69 Å². The summed E-state index contributed by atoms with van der Waals surface area (Å²) in [6.45, 7) is 6.72. The molecule has 0 amide bonds. The number of pyridine rings is 1. The third-order valence-electron chi connectivity index (χ3n) is 3.53. The van der Waals surface area contributed by atoms with Gasteiger partial charge in [0.2, 0.25) is 0 Å². The van der Waals surface area contributed by atoms with Crippen molar-refractivity contribution in [3.8, 4) is 0 Å². The normalized spacial score (nSPS) is 19.9. The minimum atomic E-state index is 0.383. The topological polar surface area (TPSA) is 42.2 Å². The van der Waals surface area contributed by atoms with Gasteiger partial charge in [-0.25, -0.2) is 0 Å². The van der Waals surface area contributed by atoms with Gasteiger partial charge >= 0.3 is 0 Å². The molecule has 1 saturated heterocycles. The van der Waals surface area contributed by atoms with Crippen LogP contribution in [0.2, 0.25) is 0 Å². The molecule has 2 heterocycles. The lowest BCUT2D eigenvalue weighted by Gasteiger charge is -2.21. The van der Waals surface area contributed by atoms with Crippen molar-refractivity contribution >= 4 is 22.9 Å². The van der Waals surface area contributed by atoms with Crippen LogP contribution in [0.1, 0.15) is 26.0 Å². The zero-order valence-electron chi connectivity index (χ0n) is 10.4. The van der Waals surface area contributed by atoms with E-state index in [-0.39, 0.29) is 0 Å². The average molecular weight is 249 g/mol. The zero-order chi connectivity index (χ0) is 12.4. The molecule has 1 aliphatic heterocycles. The molecule has 1 atom stereocenters. The number of hydrogen-bond acceptors (Lipinski definition) is 3. The third-order valence-corrected chi connectivity index (χ3v) is 3.72. The number of hydrogen-bond donors (Lipinski definition) is 1. The van der Waals surface area contributed by atoms with Crippen molar-refractivity contribution in [2.24, 2.45) is 17.6 Å². The molecule has 4 heteroatoms. The largest absolute Gasteiger partial charge is 0.388 e. The summed E-state index contributed by atoms with van der Waals surface area (Å²) in [5.74, 6) is 1.49. The van der Waals surface area contributed by atoms with Gasteiger partial charge in [0, 0.05) is 19.3 Å². The molecule has 0 aliphatic carbocycles. The second-order valence-electron chi connectivity index (χ2n) is 4.97. The van der Waals surface area contributed by atoms with Crippen LogP contribution in [-0.4, -0.2) is 23.1 Å². The lowest BCUT2D eigenvalue weighted by molar-refractivity contribution is 0.423. The summed E-state index contributed by atoms with van der Waals surface area (Å²) in [4.78, 5) is 7.02. The first kappa shape index (κ1) is 12.3. The predicted octanol–water partition coefficient (Wildman–Crippen LogP) is 2.20. The van der Waals surface area contributed by atoms with Gasteiger partial charge in [-0.15, -0.1) is 0 Å². The van der Waals surface area contributed by atoms with E-state index in [2.05, 4.69) is 29.8 Å². The smallest absolute Gasteiger partial charge is 0.124 e. The summed E-state index contributed by atoms with van der Waals surface area (Å²) >= 11 is 5.05. The van der Waals surface area contributed by atoms with Gasteiger partial charge in [-0.1, -0.05) is 26.1 Å². The van der Waals surface area contributed by atoms with E-state index in [0.29, 0.717) is 4.99 Å². The molecule has 3 nitrogen and oxygen atoms in total. The standard InChI is InChI=1S/C13H19N3S/c1-9(2)10-5-7-16(8-10)11-4-3-6-15-12(11)13(14)17/h3-4,6,9-10H,5,7-8H2,1-2H3,(H2,14,17). The van der Waals surface area contributed by atoms with E-state index in [0.717, 1.165) is 36.3 Å². The van der Waals surface area contributed by atoms with Gasteiger partial charge in [-0.3, -0.25) is 4.98 Å². The Bertz CT molecular complexity index is 417. The Labute approximate surface area is 108 Å². The Morgan fingerprint density at radius 2 is 2.35 bits per heavy atom. The quantitative estimate of drug-likeness (QED) is 0.834. The Morgan fingerprint density at radius 1 is 1.59 bits per heavy atom. The van der Waals surface area contributed by atoms with Crippen molar-refractivity contribution < 1.29 is 0 Å². The summed E-state index contributed by atoms with van der Waals surface area (Å²) < 4.78 is 0.